The van der Waals surface area contributed by atoms with Crippen LogP contribution >= 0.6 is 10.8 Å². The molecule has 5 rings (SSSR count). The van der Waals surface area contributed by atoms with Crippen molar-refractivity contribution in [3.63, 3.8) is 0 Å². The van der Waals surface area contributed by atoms with Gasteiger partial charge in [-0.15, -0.1) is 10.8 Å². The molecule has 0 spiro atoms. The first kappa shape index (κ1) is 40.7. The molecular weight excluding hydrogens is 725 g/mol. The van der Waals surface area contributed by atoms with Crippen LogP contribution in [0.2, 0.25) is 51.4 Å². The number of benzene rings is 3. The molecule has 4 aromatic rings. The maximum atomic E-state index is 13.1. The van der Waals surface area contributed by atoms with E-state index in [1.54, 1.807) is 0 Å². The van der Waals surface area contributed by atoms with E-state index in [4.69, 9.17) is 14.5 Å². The molecule has 1 fully saturated rings. The van der Waals surface area contributed by atoms with Gasteiger partial charge in [-0.3, -0.25) is 18.8 Å². The van der Waals surface area contributed by atoms with Crippen molar-refractivity contribution < 1.29 is 33.3 Å². The van der Waals surface area contributed by atoms with Crippen molar-refractivity contribution in [3.05, 3.63) is 101 Å². The van der Waals surface area contributed by atoms with E-state index >= 15 is 0 Å². The average Bonchev–Trinajstić information content (AvgIpc) is 3.55. The van der Waals surface area contributed by atoms with E-state index in [1.165, 1.54) is 4.90 Å². The summed E-state index contributed by atoms with van der Waals surface area (Å²) in [6, 6.07) is 24.2. The Bertz CT molecular complexity index is 1880. The SMILES string of the molecule is Cc1cc(C[C@@H](c2nc3ccccc3n2COCC[Si](C)(C)C)N(Cc2ccccc2)C(=O)O)ccc1[C@@H]1CC(=O)N(COCC[Si](C)(C)C)S1(O)O. The highest BCUT2D eigenvalue weighted by molar-refractivity contribution is 8.23. The van der Waals surface area contributed by atoms with Crippen LogP contribution in [0.3, 0.4) is 0 Å². The number of carbonyl (C=O) groups is 2. The van der Waals surface area contributed by atoms with Gasteiger partial charge in [0, 0.05) is 42.3 Å². The Kier molecular flexibility index (Phi) is 13.0. The van der Waals surface area contributed by atoms with Gasteiger partial charge in [0.05, 0.1) is 23.5 Å². The smallest absolute Gasteiger partial charge is 0.408 e. The predicted molar refractivity (Wildman–Crippen MR) is 217 cm³/mol. The summed E-state index contributed by atoms with van der Waals surface area (Å²) in [6.07, 6.45) is -0.806. The molecule has 2 amide bonds. The molecular formula is C39H56N4O7SSi2. The van der Waals surface area contributed by atoms with Gasteiger partial charge < -0.3 is 19.1 Å². The second-order valence-electron chi connectivity index (χ2n) is 16.4. The molecule has 288 valence electrons. The van der Waals surface area contributed by atoms with Crippen molar-refractivity contribution in [1.82, 2.24) is 18.8 Å². The van der Waals surface area contributed by atoms with Gasteiger partial charge in [0.15, 0.2) is 0 Å². The first-order chi connectivity index (χ1) is 24.9. The van der Waals surface area contributed by atoms with E-state index in [9.17, 15) is 23.8 Å². The summed E-state index contributed by atoms with van der Waals surface area (Å²) in [5.74, 6) is 0.232. The standard InChI is InChI=1S/C39H56N4O7SSi2/c1-29-23-31(17-18-32(29)36-25-37(44)43(51(36,47)48)28-50-20-22-53(5,6)7)24-35(41(39(45)46)26-30-13-9-8-10-14-30)38-40-33-15-11-12-16-34(33)42(38)27-49-19-21-52(2,3)4/h8-18,23,35-36,47-48H,19-22,24-28H2,1-7H3,(H,45,46)/t35-,36-/m0/s1. The third kappa shape index (κ3) is 10.4. The van der Waals surface area contributed by atoms with E-state index in [-0.39, 0.29) is 32.3 Å². The number of para-hydroxylation sites is 2. The molecule has 53 heavy (non-hydrogen) atoms. The van der Waals surface area contributed by atoms with Crippen LogP contribution in [0.1, 0.15) is 45.8 Å². The van der Waals surface area contributed by atoms with E-state index in [1.807, 2.05) is 84.3 Å². The highest BCUT2D eigenvalue weighted by Gasteiger charge is 2.46. The lowest BCUT2D eigenvalue weighted by atomic mass is 9.96. The maximum absolute atomic E-state index is 13.1. The quantitative estimate of drug-likeness (QED) is 0.0712. The molecule has 1 saturated heterocycles. The monoisotopic (exact) mass is 780 g/mol. The summed E-state index contributed by atoms with van der Waals surface area (Å²) in [5, 5.41) is 9.95. The van der Waals surface area contributed by atoms with Crippen LogP contribution in [-0.2, 0) is 34.0 Å². The van der Waals surface area contributed by atoms with Crippen LogP contribution in [0.5, 0.6) is 0 Å². The molecule has 0 aliphatic carbocycles. The Labute approximate surface area is 317 Å². The third-order valence-electron chi connectivity index (χ3n) is 9.68. The molecule has 3 aromatic carbocycles. The summed E-state index contributed by atoms with van der Waals surface area (Å²) in [4.78, 5) is 32.7. The van der Waals surface area contributed by atoms with Gasteiger partial charge in [0.25, 0.3) is 0 Å². The van der Waals surface area contributed by atoms with Gasteiger partial charge >= 0.3 is 6.09 Å². The molecule has 0 saturated carbocycles. The fourth-order valence-electron chi connectivity index (χ4n) is 6.53. The number of nitrogens with zero attached hydrogens (tertiary/aromatic N) is 4. The number of carboxylic acid groups (broad SMARTS) is 1. The van der Waals surface area contributed by atoms with Crippen LogP contribution < -0.4 is 0 Å². The Hall–Kier alpha value is -3.51. The number of aromatic nitrogens is 2. The molecule has 2 atom stereocenters. The highest BCUT2D eigenvalue weighted by Crippen LogP contribution is 2.63. The van der Waals surface area contributed by atoms with Gasteiger partial charge in [-0.1, -0.05) is 99.9 Å². The molecule has 11 nitrogen and oxygen atoms in total. The number of carbonyl (C=O) groups excluding carboxylic acids is 1. The molecule has 0 radical (unpaired) electrons. The lowest BCUT2D eigenvalue weighted by Crippen LogP contribution is -2.36. The summed E-state index contributed by atoms with van der Waals surface area (Å²) in [5.41, 5.74) is 4.77. The molecule has 1 aliphatic rings. The minimum Gasteiger partial charge on any atom is -0.465 e. The molecule has 2 heterocycles. The first-order valence-electron chi connectivity index (χ1n) is 18.3. The van der Waals surface area contributed by atoms with Gasteiger partial charge in [0.2, 0.25) is 5.91 Å². The molecule has 1 aromatic heterocycles. The number of imidazole rings is 1. The van der Waals surface area contributed by atoms with Crippen LogP contribution in [-0.4, -0.2) is 81.1 Å². The normalized spacial score (nSPS) is 17.3. The van der Waals surface area contributed by atoms with Crippen LogP contribution in [0, 0.1) is 6.92 Å². The van der Waals surface area contributed by atoms with Crippen molar-refractivity contribution >= 4 is 50.0 Å². The fraction of sp³-hybridized carbons (Fsp3) is 0.462. The minimum atomic E-state index is -3.49. The number of rotatable bonds is 17. The molecule has 14 heteroatoms. The maximum Gasteiger partial charge on any atom is 0.408 e. The van der Waals surface area contributed by atoms with Crippen molar-refractivity contribution in [3.8, 4) is 0 Å². The van der Waals surface area contributed by atoms with Gasteiger partial charge in [-0.05, 0) is 53.4 Å². The third-order valence-corrected chi connectivity index (χ3v) is 15.2. The van der Waals surface area contributed by atoms with Gasteiger partial charge in [-0.25, -0.2) is 14.1 Å². The van der Waals surface area contributed by atoms with Gasteiger partial charge in [0.1, 0.15) is 24.5 Å². The van der Waals surface area contributed by atoms with Crippen molar-refractivity contribution in [2.24, 2.45) is 0 Å². The highest BCUT2D eigenvalue weighted by atomic mass is 32.3. The summed E-state index contributed by atoms with van der Waals surface area (Å²) >= 11 is 0. The summed E-state index contributed by atoms with van der Waals surface area (Å²) < 4.78 is 37.8. The lowest BCUT2D eigenvalue weighted by Gasteiger charge is -2.41. The van der Waals surface area contributed by atoms with Crippen molar-refractivity contribution in [2.75, 3.05) is 19.9 Å². The summed E-state index contributed by atoms with van der Waals surface area (Å²) in [6.45, 7) is 16.8. The Morgan fingerprint density at radius 1 is 0.906 bits per heavy atom. The number of hydrogen-bond acceptors (Lipinski definition) is 7. The van der Waals surface area contributed by atoms with Crippen LogP contribution in [0.4, 0.5) is 4.79 Å². The van der Waals surface area contributed by atoms with Gasteiger partial charge in [-0.2, -0.15) is 0 Å². The molecule has 3 N–H and O–H groups in total. The second-order valence-corrected chi connectivity index (χ2v) is 29.8. The van der Waals surface area contributed by atoms with Crippen LogP contribution in [0.25, 0.3) is 11.0 Å². The zero-order valence-electron chi connectivity index (χ0n) is 32.1. The Morgan fingerprint density at radius 3 is 2.15 bits per heavy atom. The largest absolute Gasteiger partial charge is 0.465 e. The van der Waals surface area contributed by atoms with Crippen molar-refractivity contribution in [1.29, 1.82) is 0 Å². The molecule has 1 aliphatic heterocycles. The number of fused-ring (bicyclic) bond motifs is 1. The average molecular weight is 781 g/mol. The van der Waals surface area contributed by atoms with E-state index in [0.717, 1.165) is 44.1 Å². The number of hydrogen-bond donors (Lipinski definition) is 3. The number of amides is 2. The number of ether oxygens (including phenoxy) is 2. The molecule has 0 unspecified atom stereocenters. The number of aryl methyl sites for hydroxylation is 1. The Balaban J connectivity index is 1.47. The summed E-state index contributed by atoms with van der Waals surface area (Å²) in [7, 11) is -6.18. The molecule has 0 bridgehead atoms. The minimum absolute atomic E-state index is 0.0336. The predicted octanol–water partition coefficient (Wildman–Crippen LogP) is 9.37. The van der Waals surface area contributed by atoms with Crippen molar-refractivity contribution in [2.45, 2.75) is 95.7 Å². The van der Waals surface area contributed by atoms with E-state index in [2.05, 4.69) is 39.3 Å². The lowest BCUT2D eigenvalue weighted by molar-refractivity contribution is -0.128. The Morgan fingerprint density at radius 2 is 1.53 bits per heavy atom. The van der Waals surface area contributed by atoms with E-state index < -0.39 is 44.3 Å². The zero-order valence-corrected chi connectivity index (χ0v) is 34.9. The van der Waals surface area contributed by atoms with Crippen LogP contribution in [0.15, 0.2) is 72.8 Å². The fourth-order valence-corrected chi connectivity index (χ4v) is 9.93. The second kappa shape index (κ2) is 16.9. The van der Waals surface area contributed by atoms with E-state index in [0.29, 0.717) is 31.0 Å². The first-order valence-corrected chi connectivity index (χ1v) is 27.2. The topological polar surface area (TPSA) is 138 Å². The zero-order chi connectivity index (χ0) is 38.6.